The maximum Gasteiger partial charge on any atom is 0.00508 e. The predicted octanol–water partition coefficient (Wildman–Crippen LogP) is 2.71. The normalized spacial score (nSPS) is 12.8. The van der Waals surface area contributed by atoms with Crippen LogP contribution in [0.5, 0.6) is 0 Å². The van der Waals surface area contributed by atoms with Gasteiger partial charge in [-0.25, -0.2) is 0 Å². The van der Waals surface area contributed by atoms with Crippen LogP contribution in [0.1, 0.15) is 18.9 Å². The first-order valence-electron chi connectivity index (χ1n) is 6.71. The molecule has 0 fully saturated rings. The number of benzene rings is 2. The average Bonchev–Trinajstić information content (AvgIpc) is 2.39. The van der Waals surface area contributed by atoms with Crippen molar-refractivity contribution in [2.75, 3.05) is 13.1 Å². The van der Waals surface area contributed by atoms with Gasteiger partial charge in [0.25, 0.3) is 0 Å². The van der Waals surface area contributed by atoms with Crippen molar-refractivity contribution in [3.05, 3.63) is 48.0 Å². The molecule has 1 unspecified atom stereocenters. The quantitative estimate of drug-likeness (QED) is 0.817. The van der Waals surface area contributed by atoms with E-state index in [1.807, 2.05) is 0 Å². The Morgan fingerprint density at radius 3 is 2.67 bits per heavy atom. The van der Waals surface area contributed by atoms with Gasteiger partial charge in [0.15, 0.2) is 0 Å². The lowest BCUT2D eigenvalue weighted by atomic mass is 10.1. The average molecular weight is 242 g/mol. The van der Waals surface area contributed by atoms with Crippen molar-refractivity contribution in [2.45, 2.75) is 25.8 Å². The second-order valence-corrected chi connectivity index (χ2v) is 4.86. The summed E-state index contributed by atoms with van der Waals surface area (Å²) in [5, 5.41) is 6.13. The van der Waals surface area contributed by atoms with Gasteiger partial charge in [0.05, 0.1) is 0 Å². The summed E-state index contributed by atoms with van der Waals surface area (Å²) in [6, 6.07) is 15.7. The molecule has 0 amide bonds. The van der Waals surface area contributed by atoms with Gasteiger partial charge in [-0.15, -0.1) is 0 Å². The molecule has 0 spiro atoms. The van der Waals surface area contributed by atoms with Gasteiger partial charge in [-0.1, -0.05) is 42.5 Å². The van der Waals surface area contributed by atoms with E-state index >= 15 is 0 Å². The molecular formula is C16H22N2. The molecule has 0 heterocycles. The largest absolute Gasteiger partial charge is 0.330 e. The van der Waals surface area contributed by atoms with Crippen LogP contribution in [0.15, 0.2) is 42.5 Å². The van der Waals surface area contributed by atoms with Crippen molar-refractivity contribution in [1.82, 2.24) is 5.32 Å². The van der Waals surface area contributed by atoms with Crippen LogP contribution < -0.4 is 11.1 Å². The van der Waals surface area contributed by atoms with Gasteiger partial charge in [-0.2, -0.15) is 0 Å². The molecule has 0 saturated heterocycles. The minimum absolute atomic E-state index is 0.510. The van der Waals surface area contributed by atoms with Crippen LogP contribution in [0.4, 0.5) is 0 Å². The monoisotopic (exact) mass is 242 g/mol. The molecule has 18 heavy (non-hydrogen) atoms. The highest BCUT2D eigenvalue weighted by atomic mass is 14.9. The van der Waals surface area contributed by atoms with E-state index in [1.54, 1.807) is 0 Å². The summed E-state index contributed by atoms with van der Waals surface area (Å²) < 4.78 is 0. The van der Waals surface area contributed by atoms with Crippen LogP contribution in [-0.2, 0) is 6.42 Å². The Balaban J connectivity index is 1.91. The van der Waals surface area contributed by atoms with Gasteiger partial charge in [0, 0.05) is 6.04 Å². The van der Waals surface area contributed by atoms with Crippen LogP contribution in [-0.4, -0.2) is 19.1 Å². The molecule has 2 aromatic rings. The minimum Gasteiger partial charge on any atom is -0.330 e. The summed E-state index contributed by atoms with van der Waals surface area (Å²) in [6.07, 6.45) is 2.11. The van der Waals surface area contributed by atoms with E-state index in [-0.39, 0.29) is 0 Å². The molecule has 96 valence electrons. The summed E-state index contributed by atoms with van der Waals surface area (Å²) in [4.78, 5) is 0. The SMILES string of the molecule is CC(CCN)NCCc1ccc2ccccc2c1. The third-order valence-corrected chi connectivity index (χ3v) is 3.32. The highest BCUT2D eigenvalue weighted by Crippen LogP contribution is 2.15. The van der Waals surface area contributed by atoms with E-state index in [4.69, 9.17) is 5.73 Å². The molecule has 2 aromatic carbocycles. The lowest BCUT2D eigenvalue weighted by molar-refractivity contribution is 0.523. The first-order valence-corrected chi connectivity index (χ1v) is 6.71. The van der Waals surface area contributed by atoms with Crippen LogP contribution in [0.2, 0.25) is 0 Å². The van der Waals surface area contributed by atoms with Crippen molar-refractivity contribution >= 4 is 10.8 Å². The zero-order chi connectivity index (χ0) is 12.8. The van der Waals surface area contributed by atoms with Crippen molar-refractivity contribution in [1.29, 1.82) is 0 Å². The van der Waals surface area contributed by atoms with Gasteiger partial charge >= 0.3 is 0 Å². The molecule has 0 bridgehead atoms. The molecule has 0 saturated carbocycles. The Hall–Kier alpha value is -1.38. The third kappa shape index (κ3) is 3.56. The summed E-state index contributed by atoms with van der Waals surface area (Å²) in [5.74, 6) is 0. The number of rotatable bonds is 6. The van der Waals surface area contributed by atoms with E-state index in [9.17, 15) is 0 Å². The molecule has 0 aliphatic carbocycles. The van der Waals surface area contributed by atoms with Crippen LogP contribution in [0, 0.1) is 0 Å². The fraction of sp³-hybridized carbons (Fsp3) is 0.375. The van der Waals surface area contributed by atoms with Crippen LogP contribution >= 0.6 is 0 Å². The Bertz CT molecular complexity index is 493. The highest BCUT2D eigenvalue weighted by molar-refractivity contribution is 5.82. The van der Waals surface area contributed by atoms with Crippen molar-refractivity contribution < 1.29 is 0 Å². The maximum atomic E-state index is 5.53. The zero-order valence-electron chi connectivity index (χ0n) is 11.0. The Labute approximate surface area is 109 Å². The van der Waals surface area contributed by atoms with E-state index in [0.717, 1.165) is 25.9 Å². The van der Waals surface area contributed by atoms with Gasteiger partial charge in [0.1, 0.15) is 0 Å². The number of hydrogen-bond donors (Lipinski definition) is 2. The second kappa shape index (κ2) is 6.53. The summed E-state index contributed by atoms with van der Waals surface area (Å²) in [7, 11) is 0. The summed E-state index contributed by atoms with van der Waals surface area (Å²) in [6.45, 7) is 3.96. The smallest absolute Gasteiger partial charge is 0.00508 e. The molecule has 1 atom stereocenters. The number of hydrogen-bond acceptors (Lipinski definition) is 2. The number of nitrogens with two attached hydrogens (primary N) is 1. The highest BCUT2D eigenvalue weighted by Gasteiger charge is 2.00. The van der Waals surface area contributed by atoms with E-state index in [0.29, 0.717) is 6.04 Å². The van der Waals surface area contributed by atoms with Crippen molar-refractivity contribution in [3.8, 4) is 0 Å². The van der Waals surface area contributed by atoms with Gasteiger partial charge < -0.3 is 11.1 Å². The molecule has 0 radical (unpaired) electrons. The van der Waals surface area contributed by atoms with E-state index < -0.39 is 0 Å². The van der Waals surface area contributed by atoms with Crippen LogP contribution in [0.3, 0.4) is 0 Å². The lowest BCUT2D eigenvalue weighted by Crippen LogP contribution is -2.30. The number of fused-ring (bicyclic) bond motifs is 1. The first-order chi connectivity index (χ1) is 8.79. The Morgan fingerprint density at radius 1 is 1.11 bits per heavy atom. The summed E-state index contributed by atoms with van der Waals surface area (Å²) in [5.41, 5.74) is 6.92. The third-order valence-electron chi connectivity index (χ3n) is 3.32. The van der Waals surface area contributed by atoms with Crippen molar-refractivity contribution in [2.24, 2.45) is 5.73 Å². The molecule has 0 aliphatic rings. The van der Waals surface area contributed by atoms with E-state index in [1.165, 1.54) is 16.3 Å². The molecule has 2 nitrogen and oxygen atoms in total. The standard InChI is InChI=1S/C16H22N2/c1-13(8-10-17)18-11-9-14-6-7-15-4-2-3-5-16(15)12-14/h2-7,12-13,18H,8-11,17H2,1H3. The fourth-order valence-corrected chi connectivity index (χ4v) is 2.21. The van der Waals surface area contributed by atoms with Crippen molar-refractivity contribution in [3.63, 3.8) is 0 Å². The van der Waals surface area contributed by atoms with Crippen LogP contribution in [0.25, 0.3) is 10.8 Å². The Kier molecular flexibility index (Phi) is 4.73. The van der Waals surface area contributed by atoms with Gasteiger partial charge in [-0.05, 0) is 49.2 Å². The molecule has 0 aliphatic heterocycles. The zero-order valence-corrected chi connectivity index (χ0v) is 11.0. The topological polar surface area (TPSA) is 38.0 Å². The lowest BCUT2D eigenvalue weighted by Gasteiger charge is -2.12. The Morgan fingerprint density at radius 2 is 1.89 bits per heavy atom. The predicted molar refractivity (Wildman–Crippen MR) is 78.8 cm³/mol. The molecular weight excluding hydrogens is 220 g/mol. The van der Waals surface area contributed by atoms with Gasteiger partial charge in [0.2, 0.25) is 0 Å². The fourth-order valence-electron chi connectivity index (χ4n) is 2.21. The van der Waals surface area contributed by atoms with Gasteiger partial charge in [-0.3, -0.25) is 0 Å². The number of nitrogens with one attached hydrogen (secondary N) is 1. The minimum atomic E-state index is 0.510. The molecule has 2 rings (SSSR count). The second-order valence-electron chi connectivity index (χ2n) is 4.86. The molecule has 3 N–H and O–H groups in total. The maximum absolute atomic E-state index is 5.53. The molecule has 2 heteroatoms. The first kappa shape index (κ1) is 13.1. The summed E-state index contributed by atoms with van der Waals surface area (Å²) >= 11 is 0. The van der Waals surface area contributed by atoms with E-state index in [2.05, 4.69) is 54.7 Å². The molecule has 0 aromatic heterocycles.